The van der Waals surface area contributed by atoms with Gasteiger partial charge in [-0.3, -0.25) is 0 Å². The molecule has 0 aliphatic heterocycles. The van der Waals surface area contributed by atoms with Crippen LogP contribution in [0.2, 0.25) is 0 Å². The smallest absolute Gasteiger partial charge is 0.338 e. The van der Waals surface area contributed by atoms with Gasteiger partial charge in [-0.15, -0.1) is 0 Å². The largest absolute Gasteiger partial charge is 0.462 e. The first kappa shape index (κ1) is 17.7. The molecule has 0 radical (unpaired) electrons. The van der Waals surface area contributed by atoms with Gasteiger partial charge in [0.25, 0.3) is 0 Å². The standard InChI is InChI=1S/C18H26N2O2S/c1-4-22-16(21)14-9-8-10-15(13(14)2)19-17(23)20-18(3)11-6-5-7-12-18/h8-10H,4-7,11-12H2,1-3H3,(H2,19,20,23). The van der Waals surface area contributed by atoms with Crippen LogP contribution in [0, 0.1) is 6.92 Å². The van der Waals surface area contributed by atoms with Crippen molar-refractivity contribution < 1.29 is 9.53 Å². The molecule has 0 heterocycles. The zero-order valence-corrected chi connectivity index (χ0v) is 15.0. The molecule has 0 bridgehead atoms. The maximum atomic E-state index is 12.0. The van der Waals surface area contributed by atoms with Crippen molar-refractivity contribution >= 4 is 29.0 Å². The van der Waals surface area contributed by atoms with Gasteiger partial charge in [-0.2, -0.15) is 0 Å². The highest BCUT2D eigenvalue weighted by molar-refractivity contribution is 7.80. The number of benzene rings is 1. The lowest BCUT2D eigenvalue weighted by molar-refractivity contribution is 0.0525. The van der Waals surface area contributed by atoms with Crippen LogP contribution in [0.5, 0.6) is 0 Å². The van der Waals surface area contributed by atoms with Crippen LogP contribution < -0.4 is 10.6 Å². The quantitative estimate of drug-likeness (QED) is 0.639. The first-order valence-corrected chi connectivity index (χ1v) is 8.72. The minimum atomic E-state index is -0.299. The molecule has 0 spiro atoms. The maximum absolute atomic E-state index is 12.0. The Bertz CT molecular complexity index is 580. The Morgan fingerprint density at radius 3 is 2.65 bits per heavy atom. The highest BCUT2D eigenvalue weighted by atomic mass is 32.1. The molecule has 1 aliphatic carbocycles. The Morgan fingerprint density at radius 1 is 1.30 bits per heavy atom. The van der Waals surface area contributed by atoms with E-state index in [2.05, 4.69) is 17.6 Å². The van der Waals surface area contributed by atoms with E-state index in [1.165, 1.54) is 19.3 Å². The van der Waals surface area contributed by atoms with E-state index in [9.17, 15) is 4.79 Å². The molecule has 5 heteroatoms. The summed E-state index contributed by atoms with van der Waals surface area (Å²) in [5.74, 6) is -0.299. The highest BCUT2D eigenvalue weighted by Crippen LogP contribution is 2.28. The van der Waals surface area contributed by atoms with Crippen LogP contribution in [0.1, 0.15) is 61.9 Å². The molecule has 0 unspecified atom stereocenters. The second-order valence-electron chi connectivity index (χ2n) is 6.40. The highest BCUT2D eigenvalue weighted by Gasteiger charge is 2.27. The number of esters is 1. The minimum absolute atomic E-state index is 0.0645. The molecule has 1 saturated carbocycles. The molecule has 2 rings (SSSR count). The predicted octanol–water partition coefficient (Wildman–Crippen LogP) is 4.18. The van der Waals surface area contributed by atoms with Crippen molar-refractivity contribution in [2.75, 3.05) is 11.9 Å². The average Bonchev–Trinajstić information content (AvgIpc) is 2.49. The van der Waals surface area contributed by atoms with Gasteiger partial charge in [-0.05, 0) is 63.5 Å². The number of thiocarbonyl (C=S) groups is 1. The van der Waals surface area contributed by atoms with Gasteiger partial charge in [-0.25, -0.2) is 4.79 Å². The van der Waals surface area contributed by atoms with E-state index in [1.54, 1.807) is 13.0 Å². The van der Waals surface area contributed by atoms with Gasteiger partial charge in [0.15, 0.2) is 5.11 Å². The summed E-state index contributed by atoms with van der Waals surface area (Å²) in [6.07, 6.45) is 6.05. The Morgan fingerprint density at radius 2 is 2.00 bits per heavy atom. The van der Waals surface area contributed by atoms with Gasteiger partial charge in [-0.1, -0.05) is 25.3 Å². The van der Waals surface area contributed by atoms with Gasteiger partial charge >= 0.3 is 5.97 Å². The third kappa shape index (κ3) is 4.67. The number of carbonyl (C=O) groups is 1. The first-order chi connectivity index (χ1) is 10.9. The Balaban J connectivity index is 2.06. The molecule has 1 aliphatic rings. The first-order valence-electron chi connectivity index (χ1n) is 8.31. The normalized spacial score (nSPS) is 16.5. The van der Waals surface area contributed by atoms with E-state index in [1.807, 2.05) is 19.1 Å². The number of anilines is 1. The number of carbonyl (C=O) groups excluding carboxylic acids is 1. The number of rotatable bonds is 4. The van der Waals surface area contributed by atoms with Crippen LogP contribution in [0.4, 0.5) is 5.69 Å². The Kier molecular flexibility index (Phi) is 5.99. The van der Waals surface area contributed by atoms with E-state index in [0.717, 1.165) is 24.1 Å². The third-order valence-electron chi connectivity index (χ3n) is 4.45. The molecule has 1 fully saturated rings. The van der Waals surface area contributed by atoms with Crippen LogP contribution in [-0.4, -0.2) is 23.2 Å². The van der Waals surface area contributed by atoms with Crippen LogP contribution in [0.15, 0.2) is 18.2 Å². The van der Waals surface area contributed by atoms with Crippen molar-refractivity contribution in [3.05, 3.63) is 29.3 Å². The lowest BCUT2D eigenvalue weighted by atomic mass is 9.83. The Hall–Kier alpha value is -1.62. The molecule has 0 aromatic heterocycles. The topological polar surface area (TPSA) is 50.4 Å². The number of nitrogens with one attached hydrogen (secondary N) is 2. The lowest BCUT2D eigenvalue weighted by Gasteiger charge is -2.35. The summed E-state index contributed by atoms with van der Waals surface area (Å²) < 4.78 is 5.09. The second kappa shape index (κ2) is 7.77. The maximum Gasteiger partial charge on any atom is 0.338 e. The number of hydrogen-bond acceptors (Lipinski definition) is 3. The second-order valence-corrected chi connectivity index (χ2v) is 6.81. The molecule has 0 atom stereocenters. The van der Waals surface area contributed by atoms with Gasteiger partial charge < -0.3 is 15.4 Å². The van der Waals surface area contributed by atoms with Gasteiger partial charge in [0.05, 0.1) is 12.2 Å². The lowest BCUT2D eigenvalue weighted by Crippen LogP contribution is -2.48. The van der Waals surface area contributed by atoms with E-state index in [-0.39, 0.29) is 11.5 Å². The molecule has 1 aromatic rings. The van der Waals surface area contributed by atoms with Gasteiger partial charge in [0.2, 0.25) is 0 Å². The molecule has 0 amide bonds. The molecule has 2 N–H and O–H groups in total. The fourth-order valence-corrected chi connectivity index (χ4v) is 3.44. The molecule has 1 aromatic carbocycles. The molecular weight excluding hydrogens is 308 g/mol. The summed E-state index contributed by atoms with van der Waals surface area (Å²) in [7, 11) is 0. The third-order valence-corrected chi connectivity index (χ3v) is 4.65. The summed E-state index contributed by atoms with van der Waals surface area (Å²) in [5.41, 5.74) is 2.33. The van der Waals surface area contributed by atoms with E-state index >= 15 is 0 Å². The van der Waals surface area contributed by atoms with Gasteiger partial charge in [0.1, 0.15) is 0 Å². The Labute approximate surface area is 144 Å². The summed E-state index contributed by atoms with van der Waals surface area (Å²) in [6, 6.07) is 5.54. The average molecular weight is 334 g/mol. The fourth-order valence-electron chi connectivity index (χ4n) is 3.09. The van der Waals surface area contributed by atoms with E-state index in [0.29, 0.717) is 17.3 Å². The fraction of sp³-hybridized carbons (Fsp3) is 0.556. The summed E-state index contributed by atoms with van der Waals surface area (Å²) in [4.78, 5) is 12.0. The van der Waals surface area contributed by atoms with Crippen molar-refractivity contribution in [2.24, 2.45) is 0 Å². The molecule has 126 valence electrons. The minimum Gasteiger partial charge on any atom is -0.462 e. The van der Waals surface area contributed by atoms with Gasteiger partial charge in [0, 0.05) is 11.2 Å². The van der Waals surface area contributed by atoms with Crippen LogP contribution in [-0.2, 0) is 4.74 Å². The predicted molar refractivity (Wildman–Crippen MR) is 98.0 cm³/mol. The SMILES string of the molecule is CCOC(=O)c1cccc(NC(=S)NC2(C)CCCCC2)c1C. The van der Waals surface area contributed by atoms with Crippen LogP contribution in [0.3, 0.4) is 0 Å². The van der Waals surface area contributed by atoms with Crippen LogP contribution in [0.25, 0.3) is 0 Å². The summed E-state index contributed by atoms with van der Waals surface area (Å²) >= 11 is 5.47. The molecular formula is C18H26N2O2S. The van der Waals surface area contributed by atoms with Crippen molar-refractivity contribution in [2.45, 2.75) is 58.4 Å². The van der Waals surface area contributed by atoms with Crippen molar-refractivity contribution in [1.29, 1.82) is 0 Å². The molecule has 4 nitrogen and oxygen atoms in total. The van der Waals surface area contributed by atoms with E-state index < -0.39 is 0 Å². The number of ether oxygens (including phenoxy) is 1. The summed E-state index contributed by atoms with van der Waals surface area (Å²) in [6.45, 7) is 6.30. The zero-order valence-electron chi connectivity index (χ0n) is 14.2. The van der Waals surface area contributed by atoms with Crippen molar-refractivity contribution in [3.8, 4) is 0 Å². The molecule has 0 saturated heterocycles. The van der Waals surface area contributed by atoms with Crippen LogP contribution >= 0.6 is 12.2 Å². The number of hydrogen-bond donors (Lipinski definition) is 2. The molecule has 23 heavy (non-hydrogen) atoms. The monoisotopic (exact) mass is 334 g/mol. The van der Waals surface area contributed by atoms with Crippen molar-refractivity contribution in [1.82, 2.24) is 5.32 Å². The van der Waals surface area contributed by atoms with E-state index in [4.69, 9.17) is 17.0 Å². The summed E-state index contributed by atoms with van der Waals surface area (Å²) in [5, 5.41) is 7.29. The zero-order chi connectivity index (χ0) is 16.9. The van der Waals surface area contributed by atoms with Crippen molar-refractivity contribution in [3.63, 3.8) is 0 Å².